The smallest absolute Gasteiger partial charge is 0.253 e. The molecule has 16 heavy (non-hydrogen) atoms. The molecule has 1 rings (SSSR count). The summed E-state index contributed by atoms with van der Waals surface area (Å²) in [4.78, 5) is 11.7. The minimum Gasteiger partial charge on any atom is -0.367 e. The summed E-state index contributed by atoms with van der Waals surface area (Å²) in [6.45, 7) is 3.01. The largest absolute Gasteiger partial charge is 0.367 e. The fourth-order valence-corrected chi connectivity index (χ4v) is 1.18. The van der Waals surface area contributed by atoms with Crippen LogP contribution < -0.4 is 10.6 Å². The molecule has 4 heteroatoms. The Bertz CT molecular complexity index is 314. The number of amides is 1. The number of carbonyl (C=O) groups is 1. The molecule has 2 N–H and O–H groups in total. The predicted molar refractivity (Wildman–Crippen MR) is 64.4 cm³/mol. The van der Waals surface area contributed by atoms with Gasteiger partial charge in [0, 0.05) is 12.2 Å². The van der Waals surface area contributed by atoms with Gasteiger partial charge in [-0.1, -0.05) is 18.2 Å². The van der Waals surface area contributed by atoms with Crippen molar-refractivity contribution in [3.05, 3.63) is 30.3 Å². The normalized spacial score (nSPS) is 12.1. The lowest BCUT2D eigenvalue weighted by Gasteiger charge is -2.13. The van der Waals surface area contributed by atoms with Gasteiger partial charge < -0.3 is 15.4 Å². The van der Waals surface area contributed by atoms with E-state index in [4.69, 9.17) is 4.74 Å². The standard InChI is InChI=1S/C12H18N2O2/c1-10(16-9-8-13-2)12(15)14-11-6-4-3-5-7-11/h3-7,10,13H,8-9H2,1-2H3,(H,14,15). The van der Waals surface area contributed by atoms with Gasteiger partial charge in [0.1, 0.15) is 6.10 Å². The summed E-state index contributed by atoms with van der Waals surface area (Å²) in [5, 5.41) is 5.74. The van der Waals surface area contributed by atoms with E-state index < -0.39 is 6.10 Å². The summed E-state index contributed by atoms with van der Waals surface area (Å²) in [5.74, 6) is -0.123. The average Bonchev–Trinajstić information content (AvgIpc) is 2.30. The van der Waals surface area contributed by atoms with Crippen molar-refractivity contribution in [2.75, 3.05) is 25.5 Å². The monoisotopic (exact) mass is 222 g/mol. The Balaban J connectivity index is 2.34. The molecule has 0 bridgehead atoms. The van der Waals surface area contributed by atoms with Gasteiger partial charge in [-0.2, -0.15) is 0 Å². The molecule has 1 unspecified atom stereocenters. The van der Waals surface area contributed by atoms with Crippen LogP contribution in [0.1, 0.15) is 6.92 Å². The maximum Gasteiger partial charge on any atom is 0.253 e. The van der Waals surface area contributed by atoms with E-state index >= 15 is 0 Å². The summed E-state index contributed by atoms with van der Waals surface area (Å²) in [6.07, 6.45) is -0.437. The van der Waals surface area contributed by atoms with Crippen LogP contribution in [-0.2, 0) is 9.53 Å². The fourth-order valence-electron chi connectivity index (χ4n) is 1.18. The second kappa shape index (κ2) is 6.98. The van der Waals surface area contributed by atoms with Crippen molar-refractivity contribution in [2.45, 2.75) is 13.0 Å². The number of anilines is 1. The lowest BCUT2D eigenvalue weighted by molar-refractivity contribution is -0.126. The van der Waals surface area contributed by atoms with Crippen LogP contribution in [-0.4, -0.2) is 32.2 Å². The molecule has 1 atom stereocenters. The molecule has 1 aromatic rings. The molecule has 0 saturated carbocycles. The van der Waals surface area contributed by atoms with Gasteiger partial charge in [0.25, 0.3) is 5.91 Å². The number of likely N-dealkylation sites (N-methyl/N-ethyl adjacent to an activating group) is 1. The van der Waals surface area contributed by atoms with E-state index in [1.807, 2.05) is 37.4 Å². The Labute approximate surface area is 96.0 Å². The van der Waals surface area contributed by atoms with Gasteiger partial charge >= 0.3 is 0 Å². The van der Waals surface area contributed by atoms with E-state index in [9.17, 15) is 4.79 Å². The van der Waals surface area contributed by atoms with E-state index in [2.05, 4.69) is 10.6 Å². The van der Waals surface area contributed by atoms with Crippen molar-refractivity contribution in [3.8, 4) is 0 Å². The highest BCUT2D eigenvalue weighted by Crippen LogP contribution is 2.06. The zero-order chi connectivity index (χ0) is 11.8. The second-order valence-corrected chi connectivity index (χ2v) is 3.47. The van der Waals surface area contributed by atoms with Gasteiger partial charge in [0.2, 0.25) is 0 Å². The Hall–Kier alpha value is -1.39. The van der Waals surface area contributed by atoms with Gasteiger partial charge in [0.15, 0.2) is 0 Å². The fraction of sp³-hybridized carbons (Fsp3) is 0.417. The molecule has 0 aliphatic heterocycles. The number of ether oxygens (including phenoxy) is 1. The summed E-state index contributed by atoms with van der Waals surface area (Å²) >= 11 is 0. The van der Waals surface area contributed by atoms with Crippen LogP contribution in [0.3, 0.4) is 0 Å². The molecule has 0 radical (unpaired) electrons. The molecule has 0 aromatic heterocycles. The van der Waals surface area contributed by atoms with Crippen molar-refractivity contribution in [1.82, 2.24) is 5.32 Å². The first kappa shape index (κ1) is 12.7. The second-order valence-electron chi connectivity index (χ2n) is 3.47. The van der Waals surface area contributed by atoms with Crippen molar-refractivity contribution in [3.63, 3.8) is 0 Å². The highest BCUT2D eigenvalue weighted by Gasteiger charge is 2.12. The van der Waals surface area contributed by atoms with Crippen molar-refractivity contribution < 1.29 is 9.53 Å². The van der Waals surface area contributed by atoms with Crippen LogP contribution in [0.2, 0.25) is 0 Å². The average molecular weight is 222 g/mol. The molecule has 0 saturated heterocycles. The van der Waals surface area contributed by atoms with Crippen molar-refractivity contribution >= 4 is 11.6 Å². The van der Waals surface area contributed by atoms with Crippen LogP contribution in [0, 0.1) is 0 Å². The van der Waals surface area contributed by atoms with Crippen LogP contribution in [0.5, 0.6) is 0 Å². The first-order chi connectivity index (χ1) is 7.74. The molecule has 1 aromatic carbocycles. The Kier molecular flexibility index (Phi) is 5.53. The molecule has 0 heterocycles. The van der Waals surface area contributed by atoms with Crippen LogP contribution >= 0.6 is 0 Å². The van der Waals surface area contributed by atoms with Gasteiger partial charge in [-0.15, -0.1) is 0 Å². The van der Waals surface area contributed by atoms with E-state index in [0.29, 0.717) is 6.61 Å². The maximum absolute atomic E-state index is 11.7. The van der Waals surface area contributed by atoms with E-state index in [0.717, 1.165) is 12.2 Å². The number of carbonyl (C=O) groups excluding carboxylic acids is 1. The third-order valence-corrected chi connectivity index (χ3v) is 2.13. The summed E-state index contributed by atoms with van der Waals surface area (Å²) in [6, 6.07) is 9.35. The quantitative estimate of drug-likeness (QED) is 0.712. The van der Waals surface area contributed by atoms with Crippen LogP contribution in [0.25, 0.3) is 0 Å². The third kappa shape index (κ3) is 4.42. The van der Waals surface area contributed by atoms with Crippen LogP contribution in [0.15, 0.2) is 30.3 Å². The summed E-state index contributed by atoms with van der Waals surface area (Å²) < 4.78 is 5.34. The molecule has 88 valence electrons. The van der Waals surface area contributed by atoms with Crippen molar-refractivity contribution in [1.29, 1.82) is 0 Å². The molecule has 4 nitrogen and oxygen atoms in total. The third-order valence-electron chi connectivity index (χ3n) is 2.13. The van der Waals surface area contributed by atoms with Crippen molar-refractivity contribution in [2.24, 2.45) is 0 Å². The van der Waals surface area contributed by atoms with Gasteiger partial charge in [0.05, 0.1) is 6.61 Å². The molecule has 0 aliphatic rings. The zero-order valence-corrected chi connectivity index (χ0v) is 9.69. The first-order valence-electron chi connectivity index (χ1n) is 5.36. The molecular weight excluding hydrogens is 204 g/mol. The van der Waals surface area contributed by atoms with E-state index in [-0.39, 0.29) is 5.91 Å². The number of rotatable bonds is 6. The summed E-state index contributed by atoms with van der Waals surface area (Å²) in [7, 11) is 1.85. The summed E-state index contributed by atoms with van der Waals surface area (Å²) in [5.41, 5.74) is 0.788. The first-order valence-corrected chi connectivity index (χ1v) is 5.36. The predicted octanol–water partition coefficient (Wildman–Crippen LogP) is 1.25. The Morgan fingerprint density at radius 3 is 2.69 bits per heavy atom. The van der Waals surface area contributed by atoms with Gasteiger partial charge in [-0.25, -0.2) is 0 Å². The van der Waals surface area contributed by atoms with Crippen LogP contribution in [0.4, 0.5) is 5.69 Å². The lowest BCUT2D eigenvalue weighted by Crippen LogP contribution is -2.29. The molecule has 1 amide bonds. The van der Waals surface area contributed by atoms with E-state index in [1.54, 1.807) is 6.92 Å². The molecule has 0 aliphatic carbocycles. The zero-order valence-electron chi connectivity index (χ0n) is 9.69. The lowest BCUT2D eigenvalue weighted by atomic mass is 10.3. The molecular formula is C12H18N2O2. The Morgan fingerprint density at radius 1 is 1.38 bits per heavy atom. The topological polar surface area (TPSA) is 50.4 Å². The number of hydrogen-bond donors (Lipinski definition) is 2. The number of para-hydroxylation sites is 1. The SMILES string of the molecule is CNCCOC(C)C(=O)Nc1ccccc1. The number of hydrogen-bond acceptors (Lipinski definition) is 3. The maximum atomic E-state index is 11.7. The van der Waals surface area contributed by atoms with Gasteiger partial charge in [-0.05, 0) is 26.1 Å². The minimum atomic E-state index is -0.437. The van der Waals surface area contributed by atoms with E-state index in [1.165, 1.54) is 0 Å². The number of benzene rings is 1. The molecule has 0 fully saturated rings. The molecule has 0 spiro atoms. The highest BCUT2D eigenvalue weighted by molar-refractivity contribution is 5.93. The Morgan fingerprint density at radius 2 is 2.06 bits per heavy atom. The van der Waals surface area contributed by atoms with Gasteiger partial charge in [-0.3, -0.25) is 4.79 Å². The minimum absolute atomic E-state index is 0.123. The highest BCUT2D eigenvalue weighted by atomic mass is 16.5. The number of nitrogens with one attached hydrogen (secondary N) is 2.